The van der Waals surface area contributed by atoms with Crippen molar-refractivity contribution in [2.75, 3.05) is 5.32 Å². The third-order valence-corrected chi connectivity index (χ3v) is 4.36. The minimum Gasteiger partial charge on any atom is -0.356 e. The number of benzene rings is 2. The van der Waals surface area contributed by atoms with Gasteiger partial charge >= 0.3 is 0 Å². The van der Waals surface area contributed by atoms with E-state index in [1.165, 1.54) is 5.56 Å². The molecule has 0 aliphatic heterocycles. The van der Waals surface area contributed by atoms with Crippen molar-refractivity contribution >= 4 is 22.7 Å². The van der Waals surface area contributed by atoms with Crippen LogP contribution >= 0.6 is 0 Å². The number of nitrogens with zero attached hydrogens (tertiary/aromatic N) is 3. The topological polar surface area (TPSA) is 73.0 Å². The summed E-state index contributed by atoms with van der Waals surface area (Å²) in [5.41, 5.74) is 4.49. The molecule has 1 amide bonds. The van der Waals surface area contributed by atoms with Crippen molar-refractivity contribution < 1.29 is 9.32 Å². The molecule has 6 nitrogen and oxygen atoms in total. The number of fused-ring (bicyclic) bond motifs is 1. The van der Waals surface area contributed by atoms with Crippen molar-refractivity contribution in [1.82, 2.24) is 14.9 Å². The molecule has 0 aliphatic carbocycles. The first-order chi connectivity index (χ1) is 13.1. The summed E-state index contributed by atoms with van der Waals surface area (Å²) in [6.45, 7) is 4.56. The van der Waals surface area contributed by atoms with Crippen LogP contribution in [0.2, 0.25) is 0 Å². The summed E-state index contributed by atoms with van der Waals surface area (Å²) < 4.78 is 7.08. The molecule has 2 aromatic carbocycles. The SMILES string of the molecule is Cc1cccc(Cn2nc(C)cc2NC(=O)Cc2noc3ccccc23)c1. The molecule has 1 N–H and O–H groups in total. The molecule has 0 saturated carbocycles. The van der Waals surface area contributed by atoms with E-state index in [0.717, 1.165) is 16.6 Å². The van der Waals surface area contributed by atoms with Crippen LogP contribution in [0.1, 0.15) is 22.5 Å². The number of carbonyl (C=O) groups is 1. The van der Waals surface area contributed by atoms with E-state index in [2.05, 4.69) is 40.7 Å². The van der Waals surface area contributed by atoms with Crippen LogP contribution in [-0.4, -0.2) is 20.8 Å². The number of hydrogen-bond acceptors (Lipinski definition) is 4. The minimum absolute atomic E-state index is 0.145. The Bertz CT molecular complexity index is 1110. The molecule has 136 valence electrons. The van der Waals surface area contributed by atoms with E-state index in [1.54, 1.807) is 0 Å². The van der Waals surface area contributed by atoms with E-state index in [9.17, 15) is 4.79 Å². The molecule has 0 spiro atoms. The molecule has 0 fully saturated rings. The predicted molar refractivity (Wildman–Crippen MR) is 104 cm³/mol. The van der Waals surface area contributed by atoms with E-state index in [-0.39, 0.29) is 12.3 Å². The Morgan fingerprint density at radius 1 is 1.11 bits per heavy atom. The van der Waals surface area contributed by atoms with Crippen LogP contribution in [0.15, 0.2) is 59.1 Å². The van der Waals surface area contributed by atoms with Crippen LogP contribution in [0.25, 0.3) is 11.0 Å². The van der Waals surface area contributed by atoms with Gasteiger partial charge < -0.3 is 9.84 Å². The second-order valence-electron chi connectivity index (χ2n) is 6.67. The van der Waals surface area contributed by atoms with Crippen molar-refractivity contribution in [3.63, 3.8) is 0 Å². The monoisotopic (exact) mass is 360 g/mol. The second kappa shape index (κ2) is 7.07. The summed E-state index contributed by atoms with van der Waals surface area (Å²) in [6, 6.07) is 17.6. The van der Waals surface area contributed by atoms with Gasteiger partial charge in [-0.3, -0.25) is 4.79 Å². The Morgan fingerprint density at radius 3 is 2.81 bits per heavy atom. The first-order valence-electron chi connectivity index (χ1n) is 8.81. The summed E-state index contributed by atoms with van der Waals surface area (Å²) in [4.78, 5) is 12.6. The number of nitrogens with one attached hydrogen (secondary N) is 1. The first kappa shape index (κ1) is 17.0. The smallest absolute Gasteiger partial charge is 0.231 e. The third-order valence-electron chi connectivity index (χ3n) is 4.36. The summed E-state index contributed by atoms with van der Waals surface area (Å²) >= 11 is 0. The van der Waals surface area contributed by atoms with Crippen LogP contribution in [-0.2, 0) is 17.8 Å². The van der Waals surface area contributed by atoms with Gasteiger partial charge in [0.2, 0.25) is 5.91 Å². The Balaban J connectivity index is 1.51. The Morgan fingerprint density at radius 2 is 1.96 bits per heavy atom. The number of anilines is 1. The zero-order valence-corrected chi connectivity index (χ0v) is 15.3. The Hall–Kier alpha value is -3.41. The number of hydrogen-bond donors (Lipinski definition) is 1. The van der Waals surface area contributed by atoms with Crippen molar-refractivity contribution in [3.8, 4) is 0 Å². The standard InChI is InChI=1S/C21H20N4O2/c1-14-6-5-7-16(10-14)13-25-20(11-15(2)23-25)22-21(26)12-18-17-8-3-4-9-19(17)27-24-18/h3-11H,12-13H2,1-2H3,(H,22,26). The van der Waals surface area contributed by atoms with Crippen molar-refractivity contribution in [1.29, 1.82) is 0 Å². The normalized spacial score (nSPS) is 11.0. The lowest BCUT2D eigenvalue weighted by atomic mass is 10.1. The molecule has 0 aliphatic rings. The van der Waals surface area contributed by atoms with Crippen LogP contribution in [0.4, 0.5) is 5.82 Å². The highest BCUT2D eigenvalue weighted by Gasteiger charge is 2.14. The van der Waals surface area contributed by atoms with Gasteiger partial charge in [0.1, 0.15) is 11.5 Å². The average molecular weight is 360 g/mol. The number of amides is 1. The van der Waals surface area contributed by atoms with Gasteiger partial charge in [-0.15, -0.1) is 0 Å². The van der Waals surface area contributed by atoms with Crippen LogP contribution in [0, 0.1) is 13.8 Å². The van der Waals surface area contributed by atoms with Crippen LogP contribution in [0.3, 0.4) is 0 Å². The van der Waals surface area contributed by atoms with Gasteiger partial charge in [0.15, 0.2) is 5.58 Å². The lowest BCUT2D eigenvalue weighted by Gasteiger charge is -2.09. The maximum Gasteiger partial charge on any atom is 0.231 e. The van der Waals surface area contributed by atoms with Crippen LogP contribution < -0.4 is 5.32 Å². The Kier molecular flexibility index (Phi) is 4.46. The zero-order chi connectivity index (χ0) is 18.8. The Labute approximate surface area is 156 Å². The molecule has 0 atom stereocenters. The molecule has 2 aromatic heterocycles. The molecule has 27 heavy (non-hydrogen) atoms. The molecular weight excluding hydrogens is 340 g/mol. The van der Waals surface area contributed by atoms with Gasteiger partial charge in [-0.05, 0) is 31.5 Å². The number of carbonyl (C=O) groups excluding carboxylic acids is 1. The van der Waals surface area contributed by atoms with E-state index >= 15 is 0 Å². The molecule has 6 heteroatoms. The van der Waals surface area contributed by atoms with Crippen molar-refractivity contribution in [2.45, 2.75) is 26.8 Å². The fraction of sp³-hybridized carbons (Fsp3) is 0.190. The minimum atomic E-state index is -0.153. The summed E-state index contributed by atoms with van der Waals surface area (Å²) in [6.07, 6.45) is 0.145. The van der Waals surface area contributed by atoms with Gasteiger partial charge in [0, 0.05) is 11.5 Å². The lowest BCUT2D eigenvalue weighted by Crippen LogP contribution is -2.18. The zero-order valence-electron chi connectivity index (χ0n) is 15.3. The largest absolute Gasteiger partial charge is 0.356 e. The highest BCUT2D eigenvalue weighted by Crippen LogP contribution is 2.19. The van der Waals surface area contributed by atoms with Crippen molar-refractivity contribution in [2.24, 2.45) is 0 Å². The van der Waals surface area contributed by atoms with E-state index in [1.807, 2.05) is 48.0 Å². The predicted octanol–water partition coefficient (Wildman–Crippen LogP) is 3.87. The maximum atomic E-state index is 12.6. The third kappa shape index (κ3) is 3.74. The number of para-hydroxylation sites is 1. The van der Waals surface area contributed by atoms with E-state index in [0.29, 0.717) is 23.6 Å². The molecule has 0 bridgehead atoms. The van der Waals surface area contributed by atoms with E-state index in [4.69, 9.17) is 4.52 Å². The highest BCUT2D eigenvalue weighted by atomic mass is 16.5. The summed E-state index contributed by atoms with van der Waals surface area (Å²) in [7, 11) is 0. The van der Waals surface area contributed by atoms with Gasteiger partial charge in [-0.1, -0.05) is 47.1 Å². The number of aryl methyl sites for hydroxylation is 2. The quantitative estimate of drug-likeness (QED) is 0.586. The molecule has 4 rings (SSSR count). The summed E-state index contributed by atoms with van der Waals surface area (Å²) in [5, 5.41) is 12.3. The maximum absolute atomic E-state index is 12.6. The molecular formula is C21H20N4O2. The molecule has 0 saturated heterocycles. The lowest BCUT2D eigenvalue weighted by molar-refractivity contribution is -0.115. The molecule has 2 heterocycles. The van der Waals surface area contributed by atoms with Gasteiger partial charge in [0.25, 0.3) is 0 Å². The van der Waals surface area contributed by atoms with Crippen molar-refractivity contribution in [3.05, 3.63) is 77.1 Å². The number of rotatable bonds is 5. The van der Waals surface area contributed by atoms with Gasteiger partial charge in [-0.25, -0.2) is 4.68 Å². The fourth-order valence-electron chi connectivity index (χ4n) is 3.15. The van der Waals surface area contributed by atoms with Gasteiger partial charge in [-0.2, -0.15) is 5.10 Å². The number of aromatic nitrogens is 3. The molecule has 0 unspecified atom stereocenters. The first-order valence-corrected chi connectivity index (χ1v) is 8.81. The fourth-order valence-corrected chi connectivity index (χ4v) is 3.15. The average Bonchev–Trinajstić information content (AvgIpc) is 3.19. The second-order valence-corrected chi connectivity index (χ2v) is 6.67. The highest BCUT2D eigenvalue weighted by molar-refractivity contribution is 5.94. The van der Waals surface area contributed by atoms with Gasteiger partial charge in [0.05, 0.1) is 18.7 Å². The van der Waals surface area contributed by atoms with E-state index < -0.39 is 0 Å². The molecule has 0 radical (unpaired) electrons. The summed E-state index contributed by atoms with van der Waals surface area (Å²) in [5.74, 6) is 0.520. The van der Waals surface area contributed by atoms with Crippen LogP contribution in [0.5, 0.6) is 0 Å². The molecule has 4 aromatic rings.